The van der Waals surface area contributed by atoms with E-state index in [9.17, 15) is 22.4 Å². The van der Waals surface area contributed by atoms with Gasteiger partial charge in [0.2, 0.25) is 11.7 Å². The summed E-state index contributed by atoms with van der Waals surface area (Å²) < 4.78 is 58.7. The predicted octanol–water partition coefficient (Wildman–Crippen LogP) is 3.10. The summed E-state index contributed by atoms with van der Waals surface area (Å²) in [5.74, 6) is -3.57. The molecule has 3 aromatic rings. The van der Waals surface area contributed by atoms with Gasteiger partial charge in [0.1, 0.15) is 5.82 Å². The zero-order valence-corrected chi connectivity index (χ0v) is 17.1. The number of aromatic nitrogens is 5. The molecule has 170 valence electrons. The molecule has 1 saturated heterocycles. The van der Waals surface area contributed by atoms with Crippen molar-refractivity contribution in [3.63, 3.8) is 0 Å². The molecule has 3 aromatic heterocycles. The molecule has 0 spiro atoms. The minimum absolute atomic E-state index is 0.0762. The van der Waals surface area contributed by atoms with Crippen LogP contribution in [0, 0.1) is 0 Å². The second-order valence-corrected chi connectivity index (χ2v) is 7.38. The van der Waals surface area contributed by atoms with Gasteiger partial charge in [-0.15, -0.1) is 5.10 Å². The first kappa shape index (κ1) is 21.9. The number of rotatable bonds is 6. The van der Waals surface area contributed by atoms with Crippen LogP contribution in [0.1, 0.15) is 26.1 Å². The average Bonchev–Trinajstić information content (AvgIpc) is 3.30. The molecule has 32 heavy (non-hydrogen) atoms. The summed E-state index contributed by atoms with van der Waals surface area (Å²) >= 11 is 0. The number of nitrogens with one attached hydrogen (secondary N) is 1. The highest BCUT2D eigenvalue weighted by molar-refractivity contribution is 5.95. The monoisotopic (exact) mass is 453 g/mol. The third-order valence-corrected chi connectivity index (χ3v) is 4.84. The van der Waals surface area contributed by atoms with Crippen molar-refractivity contribution in [3.8, 4) is 5.82 Å². The number of carbonyl (C=O) groups is 1. The van der Waals surface area contributed by atoms with Gasteiger partial charge >= 0.3 is 12.5 Å². The molecule has 1 fully saturated rings. The summed E-state index contributed by atoms with van der Waals surface area (Å²) in [6.45, 7) is -0.302. The number of fused-ring (bicyclic) bond motifs is 1. The normalized spacial score (nSPS) is 16.8. The van der Waals surface area contributed by atoms with E-state index in [-0.39, 0.29) is 24.1 Å². The highest BCUT2D eigenvalue weighted by Crippen LogP contribution is 2.32. The largest absolute Gasteiger partial charge is 0.352 e. The van der Waals surface area contributed by atoms with E-state index in [2.05, 4.69) is 30.1 Å². The molecule has 0 radical (unpaired) electrons. The van der Waals surface area contributed by atoms with Gasteiger partial charge in [-0.1, -0.05) is 0 Å². The number of ether oxygens (including phenoxy) is 1. The molecule has 0 bridgehead atoms. The molecule has 1 unspecified atom stereocenters. The van der Waals surface area contributed by atoms with E-state index in [1.54, 1.807) is 4.90 Å². The van der Waals surface area contributed by atoms with E-state index < -0.39 is 24.5 Å². The van der Waals surface area contributed by atoms with Crippen LogP contribution in [-0.4, -0.2) is 56.4 Å². The molecule has 1 aliphatic rings. The number of alkyl halides is 4. The van der Waals surface area contributed by atoms with E-state index in [0.717, 1.165) is 0 Å². The van der Waals surface area contributed by atoms with Crippen LogP contribution in [-0.2, 0) is 15.5 Å². The van der Waals surface area contributed by atoms with Gasteiger partial charge in [-0.2, -0.15) is 17.6 Å². The maximum absolute atomic E-state index is 13.8. The Hall–Kier alpha value is -3.35. The Bertz CT molecular complexity index is 1150. The minimum atomic E-state index is -3.26. The SMILES string of the molecule is CC(=O)Nc1cc2c(cn1)c(N1CCC(OC(F)F)C1)nn2-c1ccnc(C(C)(F)F)n1. The molecular formula is C19H19F4N7O2. The summed E-state index contributed by atoms with van der Waals surface area (Å²) in [6.07, 6.45) is 2.36. The Morgan fingerprint density at radius 3 is 2.81 bits per heavy atom. The third-order valence-electron chi connectivity index (χ3n) is 4.84. The van der Waals surface area contributed by atoms with Crippen molar-refractivity contribution in [2.24, 2.45) is 0 Å². The first-order chi connectivity index (χ1) is 15.1. The number of hydrogen-bond acceptors (Lipinski definition) is 7. The zero-order chi connectivity index (χ0) is 23.0. The number of pyridine rings is 1. The van der Waals surface area contributed by atoms with Crippen LogP contribution in [0.15, 0.2) is 24.5 Å². The molecule has 1 amide bonds. The number of anilines is 2. The quantitative estimate of drug-likeness (QED) is 0.573. The number of halogens is 4. The van der Waals surface area contributed by atoms with Gasteiger partial charge in [0.25, 0.3) is 0 Å². The third kappa shape index (κ3) is 4.47. The fraction of sp³-hybridized carbons (Fsp3) is 0.421. The molecular weight excluding hydrogens is 434 g/mol. The summed E-state index contributed by atoms with van der Waals surface area (Å²) in [5, 5.41) is 7.60. The van der Waals surface area contributed by atoms with E-state index in [1.165, 1.54) is 36.1 Å². The van der Waals surface area contributed by atoms with Crippen molar-refractivity contribution in [1.82, 2.24) is 24.7 Å². The van der Waals surface area contributed by atoms with Gasteiger partial charge in [-0.3, -0.25) is 4.79 Å². The first-order valence-electron chi connectivity index (χ1n) is 9.68. The minimum Gasteiger partial charge on any atom is -0.352 e. The van der Waals surface area contributed by atoms with E-state index in [4.69, 9.17) is 0 Å². The summed E-state index contributed by atoms with van der Waals surface area (Å²) in [5.41, 5.74) is 0.432. The Labute approximate surface area is 179 Å². The van der Waals surface area contributed by atoms with Crippen molar-refractivity contribution in [1.29, 1.82) is 0 Å². The van der Waals surface area contributed by atoms with Crippen LogP contribution in [0.4, 0.5) is 29.2 Å². The fourth-order valence-electron chi connectivity index (χ4n) is 3.51. The van der Waals surface area contributed by atoms with Gasteiger partial charge in [0.15, 0.2) is 11.6 Å². The van der Waals surface area contributed by atoms with Crippen LogP contribution in [0.5, 0.6) is 0 Å². The molecule has 0 aliphatic carbocycles. The Balaban J connectivity index is 1.80. The molecule has 13 heteroatoms. The highest BCUT2D eigenvalue weighted by atomic mass is 19.3. The Morgan fingerprint density at radius 2 is 2.12 bits per heavy atom. The van der Waals surface area contributed by atoms with Crippen LogP contribution in [0.25, 0.3) is 16.7 Å². The van der Waals surface area contributed by atoms with Crippen LogP contribution in [0.3, 0.4) is 0 Å². The molecule has 9 nitrogen and oxygen atoms in total. The topological polar surface area (TPSA) is 98.1 Å². The highest BCUT2D eigenvalue weighted by Gasteiger charge is 2.31. The smallest absolute Gasteiger partial charge is 0.345 e. The summed E-state index contributed by atoms with van der Waals surface area (Å²) in [4.78, 5) is 24.9. The lowest BCUT2D eigenvalue weighted by atomic mass is 10.3. The number of carbonyl (C=O) groups excluding carboxylic acids is 1. The molecule has 1 aliphatic heterocycles. The molecule has 0 aromatic carbocycles. The van der Waals surface area contributed by atoms with Gasteiger partial charge in [-0.05, 0) is 6.42 Å². The van der Waals surface area contributed by atoms with Gasteiger partial charge in [0.05, 0.1) is 17.0 Å². The number of nitrogens with zero attached hydrogens (tertiary/aromatic N) is 6. The molecule has 4 heterocycles. The fourth-order valence-corrected chi connectivity index (χ4v) is 3.51. The number of amides is 1. The Morgan fingerprint density at radius 1 is 1.34 bits per heavy atom. The van der Waals surface area contributed by atoms with Crippen molar-refractivity contribution in [2.75, 3.05) is 23.3 Å². The second-order valence-electron chi connectivity index (χ2n) is 7.38. The lowest BCUT2D eigenvalue weighted by Gasteiger charge is -2.16. The summed E-state index contributed by atoms with van der Waals surface area (Å²) in [7, 11) is 0. The van der Waals surface area contributed by atoms with Crippen molar-refractivity contribution >= 4 is 28.4 Å². The second kappa shape index (κ2) is 8.30. The zero-order valence-electron chi connectivity index (χ0n) is 17.1. The van der Waals surface area contributed by atoms with Crippen molar-refractivity contribution in [3.05, 3.63) is 30.4 Å². The van der Waals surface area contributed by atoms with Gasteiger partial charge in [0, 0.05) is 51.5 Å². The van der Waals surface area contributed by atoms with E-state index in [0.29, 0.717) is 36.6 Å². The molecule has 1 atom stereocenters. The van der Waals surface area contributed by atoms with Crippen LogP contribution in [0.2, 0.25) is 0 Å². The molecule has 0 saturated carbocycles. The van der Waals surface area contributed by atoms with Gasteiger partial charge in [-0.25, -0.2) is 19.6 Å². The average molecular weight is 453 g/mol. The number of hydrogen-bond donors (Lipinski definition) is 1. The molecule has 4 rings (SSSR count). The first-order valence-corrected chi connectivity index (χ1v) is 9.68. The lowest BCUT2D eigenvalue weighted by Crippen LogP contribution is -2.24. The maximum atomic E-state index is 13.8. The lowest BCUT2D eigenvalue weighted by molar-refractivity contribution is -0.156. The van der Waals surface area contributed by atoms with Crippen molar-refractivity contribution < 1.29 is 27.1 Å². The van der Waals surface area contributed by atoms with Crippen LogP contribution >= 0.6 is 0 Å². The maximum Gasteiger partial charge on any atom is 0.345 e. The van der Waals surface area contributed by atoms with E-state index >= 15 is 0 Å². The van der Waals surface area contributed by atoms with Gasteiger partial charge < -0.3 is 15.0 Å². The van der Waals surface area contributed by atoms with Crippen LogP contribution < -0.4 is 10.2 Å². The standard InChI is InChI=1S/C19H19F4N7O2/c1-10(31)26-14-7-13-12(8-25-14)16(29-6-4-11(9-29)32-18(20)21)28-30(13)15-3-5-24-17(27-15)19(2,22)23/h3,5,7-8,11,18H,4,6,9H2,1-2H3,(H,25,26,31). The van der Waals surface area contributed by atoms with Crippen molar-refractivity contribution in [2.45, 2.75) is 38.9 Å². The molecule has 1 N–H and O–H groups in total. The summed E-state index contributed by atoms with van der Waals surface area (Å²) in [6, 6.07) is 2.94. The van der Waals surface area contributed by atoms with E-state index in [1.807, 2.05) is 0 Å². The predicted molar refractivity (Wildman–Crippen MR) is 106 cm³/mol. The Kier molecular flexibility index (Phi) is 5.67.